The smallest absolute Gasteiger partial charge is 0.261 e. The molecule has 1 heterocycles. The minimum absolute atomic E-state index is 0.107. The molecule has 1 aliphatic rings. The zero-order valence-corrected chi connectivity index (χ0v) is 14.8. The van der Waals surface area contributed by atoms with Crippen molar-refractivity contribution in [1.82, 2.24) is 0 Å². The van der Waals surface area contributed by atoms with Gasteiger partial charge in [-0.2, -0.15) is 0 Å². The highest BCUT2D eigenvalue weighted by Gasteiger charge is 2.28. The van der Waals surface area contributed by atoms with Gasteiger partial charge in [-0.05, 0) is 55.8 Å². The molecule has 1 atom stereocenters. The van der Waals surface area contributed by atoms with Crippen molar-refractivity contribution in [1.29, 1.82) is 0 Å². The Bertz CT molecular complexity index is 1020. The molecule has 2 aromatic rings. The average molecular weight is 377 g/mol. The Morgan fingerprint density at radius 1 is 1.00 bits per heavy atom. The monoisotopic (exact) mass is 377 g/mol. The first-order valence-corrected chi connectivity index (χ1v) is 9.20. The van der Waals surface area contributed by atoms with Crippen molar-refractivity contribution < 1.29 is 22.4 Å². The summed E-state index contributed by atoms with van der Waals surface area (Å²) in [5.74, 6) is -2.37. The van der Waals surface area contributed by atoms with E-state index in [1.165, 1.54) is 37.3 Å². The van der Waals surface area contributed by atoms with Crippen LogP contribution in [0.15, 0.2) is 41.3 Å². The van der Waals surface area contributed by atoms with Crippen molar-refractivity contribution in [2.45, 2.75) is 18.7 Å². The molecular weight excluding hydrogens is 361 g/mol. The molecule has 2 amide bonds. The molecule has 0 saturated heterocycles. The van der Waals surface area contributed by atoms with Gasteiger partial charge in [0.15, 0.2) is 0 Å². The van der Waals surface area contributed by atoms with Crippen molar-refractivity contribution in [3.63, 3.8) is 0 Å². The molecule has 136 valence electrons. The van der Waals surface area contributed by atoms with Crippen LogP contribution in [-0.2, 0) is 19.6 Å². The van der Waals surface area contributed by atoms with Crippen LogP contribution in [0.1, 0.15) is 12.5 Å². The molecule has 0 bridgehead atoms. The summed E-state index contributed by atoms with van der Waals surface area (Å²) in [5.41, 5.74) is 1.17. The Labute approximate surface area is 149 Å². The fraction of sp³-hybridized carbons (Fsp3) is 0.176. The van der Waals surface area contributed by atoms with Gasteiger partial charge in [-0.25, -0.2) is 12.8 Å². The van der Waals surface area contributed by atoms with Crippen LogP contribution < -0.4 is 15.4 Å². The maximum atomic E-state index is 13.2. The predicted molar refractivity (Wildman–Crippen MR) is 94.8 cm³/mol. The summed E-state index contributed by atoms with van der Waals surface area (Å²) < 4.78 is 40.8. The van der Waals surface area contributed by atoms with E-state index in [0.29, 0.717) is 11.3 Å². The molecule has 0 aliphatic carbocycles. The Kier molecular flexibility index (Phi) is 4.41. The fourth-order valence-electron chi connectivity index (χ4n) is 2.45. The largest absolute Gasteiger partial charge is 0.324 e. The number of sulfonamides is 1. The van der Waals surface area contributed by atoms with Gasteiger partial charge in [0.05, 0.1) is 22.0 Å². The highest BCUT2D eigenvalue weighted by Crippen LogP contribution is 2.30. The molecule has 3 N–H and O–H groups in total. The number of aryl methyl sites for hydroxylation is 1. The quantitative estimate of drug-likeness (QED) is 0.715. The second-order valence-corrected chi connectivity index (χ2v) is 7.65. The molecule has 2 aromatic carbocycles. The standard InChI is InChI=1S/C17H16FN3O4S/c1-9-7-11(18)3-5-13(9)21-26(24,25)12-4-6-14-15(8-12)20-17(23)10(2)16(22)19-14/h3-8,10,21H,1-2H3,(H,19,22)(H,20,23)/t10-/m1/s1. The first-order chi connectivity index (χ1) is 12.2. The van der Waals surface area contributed by atoms with Gasteiger partial charge in [0, 0.05) is 0 Å². The number of benzene rings is 2. The number of fused-ring (bicyclic) bond motifs is 1. The van der Waals surface area contributed by atoms with Crippen LogP contribution >= 0.6 is 0 Å². The van der Waals surface area contributed by atoms with Gasteiger partial charge in [0.2, 0.25) is 11.8 Å². The molecule has 0 radical (unpaired) electrons. The fourth-order valence-corrected chi connectivity index (χ4v) is 3.61. The van der Waals surface area contributed by atoms with E-state index in [2.05, 4.69) is 15.4 Å². The predicted octanol–water partition coefficient (Wildman–Crippen LogP) is 2.46. The summed E-state index contributed by atoms with van der Waals surface area (Å²) >= 11 is 0. The van der Waals surface area contributed by atoms with Gasteiger partial charge in [0.1, 0.15) is 11.7 Å². The second-order valence-electron chi connectivity index (χ2n) is 5.97. The van der Waals surface area contributed by atoms with Gasteiger partial charge < -0.3 is 10.6 Å². The van der Waals surface area contributed by atoms with E-state index in [1.54, 1.807) is 6.92 Å². The SMILES string of the molecule is Cc1cc(F)ccc1NS(=O)(=O)c1ccc2c(c1)NC(=O)[C@H](C)C(=O)N2. The zero-order chi connectivity index (χ0) is 19.1. The van der Waals surface area contributed by atoms with Crippen LogP contribution in [0.4, 0.5) is 21.5 Å². The van der Waals surface area contributed by atoms with Crippen LogP contribution in [0.3, 0.4) is 0 Å². The van der Waals surface area contributed by atoms with Crippen molar-refractivity contribution in [2.24, 2.45) is 5.92 Å². The summed E-state index contributed by atoms with van der Waals surface area (Å²) in [6, 6.07) is 7.66. The average Bonchev–Trinajstić information content (AvgIpc) is 2.67. The van der Waals surface area contributed by atoms with E-state index in [1.807, 2.05) is 0 Å². The van der Waals surface area contributed by atoms with E-state index < -0.39 is 33.6 Å². The minimum Gasteiger partial charge on any atom is -0.324 e. The maximum absolute atomic E-state index is 13.2. The number of hydrogen-bond donors (Lipinski definition) is 3. The van der Waals surface area contributed by atoms with Crippen molar-refractivity contribution >= 4 is 38.9 Å². The number of carbonyl (C=O) groups excluding carboxylic acids is 2. The Morgan fingerprint density at radius 3 is 2.31 bits per heavy atom. The number of halogens is 1. The Hall–Kier alpha value is -2.94. The van der Waals surface area contributed by atoms with E-state index in [0.717, 1.165) is 6.07 Å². The number of carbonyl (C=O) groups is 2. The molecule has 0 saturated carbocycles. The van der Waals surface area contributed by atoms with Crippen molar-refractivity contribution in [3.8, 4) is 0 Å². The third-order valence-electron chi connectivity index (χ3n) is 4.04. The lowest BCUT2D eigenvalue weighted by Crippen LogP contribution is -2.28. The third kappa shape index (κ3) is 3.38. The normalized spacial score (nSPS) is 17.0. The molecule has 0 unspecified atom stereocenters. The summed E-state index contributed by atoms with van der Waals surface area (Å²) in [4.78, 5) is 23.7. The van der Waals surface area contributed by atoms with Gasteiger partial charge >= 0.3 is 0 Å². The lowest BCUT2D eigenvalue weighted by molar-refractivity contribution is -0.128. The molecule has 0 fully saturated rings. The van der Waals surface area contributed by atoms with Gasteiger partial charge in [-0.3, -0.25) is 14.3 Å². The molecule has 1 aliphatic heterocycles. The van der Waals surface area contributed by atoms with Crippen molar-refractivity contribution in [2.75, 3.05) is 15.4 Å². The molecule has 7 nitrogen and oxygen atoms in total. The molecule has 0 aromatic heterocycles. The van der Waals surface area contributed by atoms with Crippen LogP contribution in [0.2, 0.25) is 0 Å². The first-order valence-electron chi connectivity index (χ1n) is 7.72. The molecular formula is C17H16FN3O4S. The zero-order valence-electron chi connectivity index (χ0n) is 14.0. The first kappa shape index (κ1) is 17.9. The number of nitrogens with one attached hydrogen (secondary N) is 3. The van der Waals surface area contributed by atoms with E-state index in [4.69, 9.17) is 0 Å². The highest BCUT2D eigenvalue weighted by atomic mass is 32.2. The van der Waals surface area contributed by atoms with Crippen molar-refractivity contribution in [3.05, 3.63) is 47.8 Å². The van der Waals surface area contributed by atoms with Gasteiger partial charge in [-0.1, -0.05) is 0 Å². The van der Waals surface area contributed by atoms with Crippen LogP contribution in [0.25, 0.3) is 0 Å². The summed E-state index contributed by atoms with van der Waals surface area (Å²) in [6.07, 6.45) is 0. The van der Waals surface area contributed by atoms with E-state index in [9.17, 15) is 22.4 Å². The topological polar surface area (TPSA) is 104 Å². The molecule has 26 heavy (non-hydrogen) atoms. The minimum atomic E-state index is -3.98. The molecule has 9 heteroatoms. The van der Waals surface area contributed by atoms with E-state index >= 15 is 0 Å². The lowest BCUT2D eigenvalue weighted by atomic mass is 10.1. The maximum Gasteiger partial charge on any atom is 0.261 e. The number of anilines is 3. The summed E-state index contributed by atoms with van der Waals surface area (Å²) in [7, 11) is -3.98. The highest BCUT2D eigenvalue weighted by molar-refractivity contribution is 7.92. The van der Waals surface area contributed by atoms with E-state index in [-0.39, 0.29) is 16.3 Å². The molecule has 0 spiro atoms. The number of hydrogen-bond acceptors (Lipinski definition) is 4. The third-order valence-corrected chi connectivity index (χ3v) is 5.40. The van der Waals surface area contributed by atoms with Crippen LogP contribution in [0.5, 0.6) is 0 Å². The Morgan fingerprint density at radius 2 is 1.65 bits per heavy atom. The lowest BCUT2D eigenvalue weighted by Gasteiger charge is -2.13. The number of rotatable bonds is 3. The number of amides is 2. The molecule has 3 rings (SSSR count). The van der Waals surface area contributed by atoms with Gasteiger partial charge in [-0.15, -0.1) is 0 Å². The van der Waals surface area contributed by atoms with Crippen LogP contribution in [-0.4, -0.2) is 20.2 Å². The summed E-state index contributed by atoms with van der Waals surface area (Å²) in [6.45, 7) is 3.03. The van der Waals surface area contributed by atoms with Gasteiger partial charge in [0.25, 0.3) is 10.0 Å². The van der Waals surface area contributed by atoms with Crippen LogP contribution in [0, 0.1) is 18.7 Å². The Balaban J connectivity index is 1.96. The summed E-state index contributed by atoms with van der Waals surface area (Å²) in [5, 5.41) is 5.10. The second kappa shape index (κ2) is 6.41.